The Kier molecular flexibility index (Phi) is 17.7. The topological polar surface area (TPSA) is 52.0 Å². The quantitative estimate of drug-likeness (QED) is 0.0569. The van der Waals surface area contributed by atoms with Gasteiger partial charge in [0.1, 0.15) is 0 Å². The first kappa shape index (κ1) is 40.3. The van der Waals surface area contributed by atoms with Gasteiger partial charge in [-0.05, 0) is 146 Å². The second kappa shape index (κ2) is 22.4. The Morgan fingerprint density at radius 2 is 0.549 bits per heavy atom. The molecular formula is C49H70N2. The van der Waals surface area contributed by atoms with Crippen molar-refractivity contribution in [2.75, 3.05) is 11.5 Å². The number of unbranched alkanes of at least 4 members (excludes halogenated alkanes) is 16. The summed E-state index contributed by atoms with van der Waals surface area (Å²) in [7, 11) is 0. The van der Waals surface area contributed by atoms with E-state index in [4.69, 9.17) is 11.5 Å². The third-order valence-corrected chi connectivity index (χ3v) is 11.1. The van der Waals surface area contributed by atoms with Gasteiger partial charge in [0.25, 0.3) is 0 Å². The number of rotatable bonds is 24. The van der Waals surface area contributed by atoms with Crippen LogP contribution in [0.5, 0.6) is 0 Å². The van der Waals surface area contributed by atoms with E-state index in [1.165, 1.54) is 167 Å². The van der Waals surface area contributed by atoms with Crippen LogP contribution in [0, 0.1) is 27.7 Å². The molecule has 0 aliphatic rings. The fraction of sp³-hybridized carbons (Fsp3) is 0.510. The largest absolute Gasteiger partial charge is 0.399 e. The lowest BCUT2D eigenvalue weighted by Crippen LogP contribution is -1.98. The van der Waals surface area contributed by atoms with Crippen molar-refractivity contribution in [1.29, 1.82) is 0 Å². The second-order valence-electron chi connectivity index (χ2n) is 15.8. The van der Waals surface area contributed by atoms with Crippen LogP contribution in [0.3, 0.4) is 0 Å². The van der Waals surface area contributed by atoms with Gasteiger partial charge >= 0.3 is 0 Å². The van der Waals surface area contributed by atoms with Gasteiger partial charge in [-0.3, -0.25) is 0 Å². The van der Waals surface area contributed by atoms with E-state index in [0.29, 0.717) is 0 Å². The summed E-state index contributed by atoms with van der Waals surface area (Å²) >= 11 is 0. The van der Waals surface area contributed by atoms with Gasteiger partial charge in [0.05, 0.1) is 0 Å². The molecule has 0 fully saturated rings. The van der Waals surface area contributed by atoms with Crippen LogP contribution in [-0.4, -0.2) is 0 Å². The van der Waals surface area contributed by atoms with Gasteiger partial charge in [-0.15, -0.1) is 0 Å². The smallest absolute Gasteiger partial charge is 0.0314 e. The van der Waals surface area contributed by atoms with Gasteiger partial charge < -0.3 is 11.5 Å². The molecule has 4 N–H and O–H groups in total. The van der Waals surface area contributed by atoms with Crippen molar-refractivity contribution in [2.45, 2.75) is 163 Å². The zero-order chi connectivity index (χ0) is 36.3. The van der Waals surface area contributed by atoms with E-state index in [9.17, 15) is 0 Å². The molecule has 0 spiro atoms. The Morgan fingerprint density at radius 1 is 0.314 bits per heavy atom. The van der Waals surface area contributed by atoms with Gasteiger partial charge in [0, 0.05) is 11.4 Å². The molecule has 0 radical (unpaired) electrons. The molecule has 0 unspecified atom stereocenters. The van der Waals surface area contributed by atoms with Crippen LogP contribution in [0.2, 0.25) is 0 Å². The van der Waals surface area contributed by atoms with Gasteiger partial charge in [-0.1, -0.05) is 145 Å². The zero-order valence-corrected chi connectivity index (χ0v) is 32.9. The highest BCUT2D eigenvalue weighted by molar-refractivity contribution is 5.44. The highest BCUT2D eigenvalue weighted by Crippen LogP contribution is 2.24. The molecule has 4 aromatic rings. The Morgan fingerprint density at radius 3 is 0.804 bits per heavy atom. The normalized spacial score (nSPS) is 11.4. The molecule has 0 amide bonds. The Hall–Kier alpha value is -3.52. The predicted molar refractivity (Wildman–Crippen MR) is 225 cm³/mol. The highest BCUT2D eigenvalue weighted by Gasteiger charge is 2.08. The SMILES string of the molecule is Cc1cc(Cc2ccc(N)cc2)cc(C)c1CCCCCCCCCCCCCCCCCCCc1c(C)cc(Cc2ccc(N)cc2)cc1C. The third kappa shape index (κ3) is 14.9. The number of anilines is 2. The molecule has 4 rings (SSSR count). The number of hydrogen-bond donors (Lipinski definition) is 2. The van der Waals surface area contributed by atoms with Crippen LogP contribution < -0.4 is 11.5 Å². The lowest BCUT2D eigenvalue weighted by Gasteiger charge is -2.13. The molecule has 0 aromatic heterocycles. The lowest BCUT2D eigenvalue weighted by molar-refractivity contribution is 0.525. The maximum absolute atomic E-state index is 5.85. The number of nitrogens with two attached hydrogens (primary N) is 2. The Labute approximate surface area is 312 Å². The molecule has 0 saturated carbocycles. The van der Waals surface area contributed by atoms with Gasteiger partial charge in [-0.2, -0.15) is 0 Å². The lowest BCUT2D eigenvalue weighted by atomic mass is 9.92. The van der Waals surface area contributed by atoms with E-state index in [-0.39, 0.29) is 0 Å². The molecule has 0 aliphatic carbocycles. The Bertz CT molecular complexity index is 1400. The number of hydrogen-bond acceptors (Lipinski definition) is 2. The van der Waals surface area contributed by atoms with E-state index < -0.39 is 0 Å². The summed E-state index contributed by atoms with van der Waals surface area (Å²) in [5.74, 6) is 0. The maximum atomic E-state index is 5.85. The maximum Gasteiger partial charge on any atom is 0.0314 e. The number of aryl methyl sites for hydroxylation is 4. The summed E-state index contributed by atoms with van der Waals surface area (Å²) < 4.78 is 0. The molecular weight excluding hydrogens is 617 g/mol. The second-order valence-corrected chi connectivity index (χ2v) is 15.8. The minimum absolute atomic E-state index is 0.835. The van der Waals surface area contributed by atoms with Crippen molar-refractivity contribution in [3.05, 3.63) is 128 Å². The first-order chi connectivity index (χ1) is 24.8. The molecule has 0 atom stereocenters. The van der Waals surface area contributed by atoms with Crippen LogP contribution in [0.4, 0.5) is 11.4 Å². The summed E-state index contributed by atoms with van der Waals surface area (Å²) in [5.41, 5.74) is 27.8. The summed E-state index contributed by atoms with van der Waals surface area (Å²) in [6.45, 7) is 9.19. The molecule has 0 saturated heterocycles. The van der Waals surface area contributed by atoms with Crippen molar-refractivity contribution in [3.8, 4) is 0 Å². The van der Waals surface area contributed by atoms with Crippen LogP contribution in [0.15, 0.2) is 72.8 Å². The zero-order valence-electron chi connectivity index (χ0n) is 32.9. The molecule has 51 heavy (non-hydrogen) atoms. The van der Waals surface area contributed by atoms with Crippen molar-refractivity contribution in [2.24, 2.45) is 0 Å². The molecule has 0 aliphatic heterocycles. The van der Waals surface area contributed by atoms with Crippen LogP contribution >= 0.6 is 0 Å². The fourth-order valence-electron chi connectivity index (χ4n) is 8.16. The summed E-state index contributed by atoms with van der Waals surface area (Å²) in [4.78, 5) is 0. The van der Waals surface area contributed by atoms with Crippen LogP contribution in [-0.2, 0) is 25.7 Å². The minimum atomic E-state index is 0.835. The van der Waals surface area contributed by atoms with Gasteiger partial charge in [-0.25, -0.2) is 0 Å². The molecule has 0 heterocycles. The molecule has 4 aromatic carbocycles. The van der Waals surface area contributed by atoms with Crippen molar-refractivity contribution in [1.82, 2.24) is 0 Å². The van der Waals surface area contributed by atoms with Crippen LogP contribution in [0.1, 0.15) is 165 Å². The predicted octanol–water partition coefficient (Wildman–Crippen LogP) is 13.7. The monoisotopic (exact) mass is 687 g/mol. The molecule has 0 bridgehead atoms. The molecule has 2 nitrogen and oxygen atoms in total. The first-order valence-electron chi connectivity index (χ1n) is 20.7. The fourth-order valence-corrected chi connectivity index (χ4v) is 8.16. The van der Waals surface area contributed by atoms with Gasteiger partial charge in [0.2, 0.25) is 0 Å². The average molecular weight is 687 g/mol. The van der Waals surface area contributed by atoms with Gasteiger partial charge in [0.15, 0.2) is 0 Å². The van der Waals surface area contributed by atoms with E-state index in [1.807, 2.05) is 24.3 Å². The number of nitrogen functional groups attached to an aromatic ring is 2. The Balaban J connectivity index is 0.924. The van der Waals surface area contributed by atoms with Crippen LogP contribution in [0.25, 0.3) is 0 Å². The van der Waals surface area contributed by atoms with Crippen molar-refractivity contribution < 1.29 is 0 Å². The van der Waals surface area contributed by atoms with Crippen molar-refractivity contribution >= 4 is 11.4 Å². The van der Waals surface area contributed by atoms with E-state index >= 15 is 0 Å². The standard InChI is InChI=1S/C49H70N2/c1-38-32-44(36-42-24-28-46(50)29-25-42)33-39(2)48(38)22-20-18-16-14-12-10-8-6-5-7-9-11-13-15-17-19-21-23-49-40(3)34-45(35-41(49)4)37-43-26-30-47(51)31-27-43/h24-35H,5-23,36-37,50-51H2,1-4H3. The number of benzene rings is 4. The molecule has 276 valence electrons. The summed E-state index contributed by atoms with van der Waals surface area (Å²) in [6, 6.07) is 26.2. The highest BCUT2D eigenvalue weighted by atomic mass is 14.5. The van der Waals surface area contributed by atoms with E-state index in [2.05, 4.69) is 76.2 Å². The third-order valence-electron chi connectivity index (χ3n) is 11.1. The first-order valence-corrected chi connectivity index (χ1v) is 20.7. The van der Waals surface area contributed by atoms with Crippen molar-refractivity contribution in [3.63, 3.8) is 0 Å². The molecule has 2 heteroatoms. The van der Waals surface area contributed by atoms with E-state index in [0.717, 1.165) is 24.2 Å². The average Bonchev–Trinajstić information content (AvgIpc) is 3.10. The summed E-state index contributed by atoms with van der Waals surface area (Å²) in [6.07, 6.45) is 28.3. The minimum Gasteiger partial charge on any atom is -0.399 e. The van der Waals surface area contributed by atoms with E-state index in [1.54, 1.807) is 11.1 Å². The summed E-state index contributed by atoms with van der Waals surface area (Å²) in [5, 5.41) is 0.